The molecule has 4 aromatic rings. The maximum Gasteiger partial charge on any atom is 0.269 e. The Morgan fingerprint density at radius 2 is 1.59 bits per heavy atom. The van der Waals surface area contributed by atoms with E-state index in [2.05, 4.69) is 5.32 Å². The first kappa shape index (κ1) is 22.0. The van der Waals surface area contributed by atoms with Gasteiger partial charge in [-0.1, -0.05) is 60.2 Å². The number of carbonyl (C=O) groups is 2. The summed E-state index contributed by atoms with van der Waals surface area (Å²) in [5, 5.41) is 6.91. The van der Waals surface area contributed by atoms with Crippen LogP contribution in [-0.4, -0.2) is 11.8 Å². The van der Waals surface area contributed by atoms with Gasteiger partial charge in [-0.05, 0) is 53.9 Å². The fourth-order valence-electron chi connectivity index (χ4n) is 3.57. The van der Waals surface area contributed by atoms with Gasteiger partial charge in [-0.3, -0.25) is 14.5 Å². The minimum atomic E-state index is -0.800. The summed E-state index contributed by atoms with van der Waals surface area (Å²) in [6.45, 7) is 4.39. The van der Waals surface area contributed by atoms with E-state index in [9.17, 15) is 9.59 Å². The van der Waals surface area contributed by atoms with Gasteiger partial charge in [0.05, 0.1) is 11.4 Å². The number of hydrogen-bond donors (Lipinski definition) is 1. The molecule has 0 aliphatic heterocycles. The molecule has 1 N–H and O–H groups in total. The third-order valence-electron chi connectivity index (χ3n) is 5.24. The van der Waals surface area contributed by atoms with Crippen LogP contribution in [0, 0.1) is 13.8 Å². The van der Waals surface area contributed by atoms with Crippen LogP contribution in [0.3, 0.4) is 0 Å². The molecule has 162 valence electrons. The summed E-state index contributed by atoms with van der Waals surface area (Å²) in [7, 11) is 0. The minimum absolute atomic E-state index is 0.189. The van der Waals surface area contributed by atoms with Gasteiger partial charge in [-0.2, -0.15) is 0 Å². The lowest BCUT2D eigenvalue weighted by Gasteiger charge is -2.32. The summed E-state index contributed by atoms with van der Waals surface area (Å²) < 4.78 is 0. The SMILES string of the molecule is Cc1ccc([C@H](C(=O)NCc2cccs2)N(C(=O)c2cccs2)c2ccccc2C)cc1. The lowest BCUT2D eigenvalue weighted by molar-refractivity contribution is -0.122. The van der Waals surface area contributed by atoms with Gasteiger partial charge in [-0.25, -0.2) is 0 Å². The van der Waals surface area contributed by atoms with Crippen molar-refractivity contribution >= 4 is 40.2 Å². The molecule has 4 rings (SSSR count). The molecule has 1 atom stereocenters. The Balaban J connectivity index is 1.80. The largest absolute Gasteiger partial charge is 0.349 e. The van der Waals surface area contributed by atoms with E-state index in [1.807, 2.05) is 91.3 Å². The zero-order chi connectivity index (χ0) is 22.5. The molecule has 0 saturated carbocycles. The Kier molecular flexibility index (Phi) is 6.83. The third-order valence-corrected chi connectivity index (χ3v) is 6.98. The van der Waals surface area contributed by atoms with E-state index in [4.69, 9.17) is 0 Å². The lowest BCUT2D eigenvalue weighted by atomic mass is 10.0. The lowest BCUT2D eigenvalue weighted by Crippen LogP contribution is -2.44. The molecule has 4 nitrogen and oxygen atoms in total. The number of nitrogens with one attached hydrogen (secondary N) is 1. The Hall–Kier alpha value is -3.22. The molecule has 0 unspecified atom stereocenters. The summed E-state index contributed by atoms with van der Waals surface area (Å²) in [5.41, 5.74) is 3.52. The predicted octanol–water partition coefficient (Wildman–Crippen LogP) is 6.13. The normalized spacial score (nSPS) is 11.7. The van der Waals surface area contributed by atoms with Gasteiger partial charge in [-0.15, -0.1) is 22.7 Å². The van der Waals surface area contributed by atoms with E-state index in [0.29, 0.717) is 11.4 Å². The molecule has 0 saturated heterocycles. The van der Waals surface area contributed by atoms with Crippen molar-refractivity contribution in [1.29, 1.82) is 0 Å². The molecule has 0 aliphatic rings. The second kappa shape index (κ2) is 9.94. The van der Waals surface area contributed by atoms with Crippen LogP contribution in [0.4, 0.5) is 5.69 Å². The zero-order valence-corrected chi connectivity index (χ0v) is 19.6. The molecule has 2 aromatic heterocycles. The topological polar surface area (TPSA) is 49.4 Å². The highest BCUT2D eigenvalue weighted by Crippen LogP contribution is 2.33. The molecule has 32 heavy (non-hydrogen) atoms. The van der Waals surface area contributed by atoms with Crippen LogP contribution >= 0.6 is 22.7 Å². The van der Waals surface area contributed by atoms with Crippen LogP contribution in [0.2, 0.25) is 0 Å². The fraction of sp³-hybridized carbons (Fsp3) is 0.154. The van der Waals surface area contributed by atoms with Crippen molar-refractivity contribution in [1.82, 2.24) is 5.32 Å². The van der Waals surface area contributed by atoms with Crippen LogP contribution in [0.15, 0.2) is 83.6 Å². The van der Waals surface area contributed by atoms with Crippen molar-refractivity contribution < 1.29 is 9.59 Å². The Labute approximate surface area is 196 Å². The summed E-state index contributed by atoms with van der Waals surface area (Å²) in [5.74, 6) is -0.401. The van der Waals surface area contributed by atoms with Crippen LogP contribution in [0.1, 0.15) is 37.3 Å². The number of nitrogens with zero attached hydrogens (tertiary/aromatic N) is 1. The highest BCUT2D eigenvalue weighted by atomic mass is 32.1. The highest BCUT2D eigenvalue weighted by molar-refractivity contribution is 7.12. The quantitative estimate of drug-likeness (QED) is 0.361. The van der Waals surface area contributed by atoms with Gasteiger partial charge in [0.1, 0.15) is 6.04 Å². The smallest absolute Gasteiger partial charge is 0.269 e. The van der Waals surface area contributed by atoms with Crippen LogP contribution < -0.4 is 10.2 Å². The maximum absolute atomic E-state index is 13.7. The van der Waals surface area contributed by atoms with E-state index in [1.165, 1.54) is 11.3 Å². The average Bonchev–Trinajstić information content (AvgIpc) is 3.51. The molecule has 6 heteroatoms. The highest BCUT2D eigenvalue weighted by Gasteiger charge is 2.34. The molecular weight excluding hydrogens is 436 g/mol. The van der Waals surface area contributed by atoms with Gasteiger partial charge < -0.3 is 5.32 Å². The summed E-state index contributed by atoms with van der Waals surface area (Å²) >= 11 is 2.97. The van der Waals surface area contributed by atoms with Crippen molar-refractivity contribution in [2.75, 3.05) is 4.90 Å². The second-order valence-electron chi connectivity index (χ2n) is 7.55. The average molecular weight is 461 g/mol. The number of aryl methyl sites for hydroxylation is 2. The van der Waals surface area contributed by atoms with E-state index in [0.717, 1.165) is 27.3 Å². The molecule has 0 radical (unpaired) electrons. The Morgan fingerprint density at radius 3 is 2.25 bits per heavy atom. The molecule has 0 aliphatic carbocycles. The van der Waals surface area contributed by atoms with Crippen LogP contribution in [-0.2, 0) is 11.3 Å². The fourth-order valence-corrected chi connectivity index (χ4v) is 4.87. The number of benzene rings is 2. The van der Waals surface area contributed by atoms with Gasteiger partial charge in [0.15, 0.2) is 0 Å². The number of thiophene rings is 2. The predicted molar refractivity (Wildman–Crippen MR) is 132 cm³/mol. The number of para-hydroxylation sites is 1. The first-order chi connectivity index (χ1) is 15.5. The van der Waals surface area contributed by atoms with Crippen molar-refractivity contribution in [2.24, 2.45) is 0 Å². The van der Waals surface area contributed by atoms with E-state index in [1.54, 1.807) is 22.3 Å². The van der Waals surface area contributed by atoms with Gasteiger partial charge in [0.2, 0.25) is 5.91 Å². The molecule has 0 spiro atoms. The van der Waals surface area contributed by atoms with Gasteiger partial charge in [0.25, 0.3) is 5.91 Å². The molecular formula is C26H24N2O2S2. The van der Waals surface area contributed by atoms with Gasteiger partial charge in [0, 0.05) is 10.6 Å². The number of rotatable bonds is 7. The monoisotopic (exact) mass is 460 g/mol. The second-order valence-corrected chi connectivity index (χ2v) is 9.53. The van der Waals surface area contributed by atoms with Crippen molar-refractivity contribution in [3.05, 3.63) is 110 Å². The number of amides is 2. The third kappa shape index (κ3) is 4.82. The molecule has 2 amide bonds. The molecule has 2 aromatic carbocycles. The summed E-state index contributed by atoms with van der Waals surface area (Å²) in [6, 6.07) is 22.3. The summed E-state index contributed by atoms with van der Waals surface area (Å²) in [4.78, 5) is 30.7. The zero-order valence-electron chi connectivity index (χ0n) is 17.9. The Morgan fingerprint density at radius 1 is 0.875 bits per heavy atom. The standard InChI is InChI=1S/C26H24N2O2S2/c1-18-11-13-20(14-12-18)24(25(29)27-17-21-8-5-15-31-21)28(22-9-4-3-7-19(22)2)26(30)23-10-6-16-32-23/h3-16,24H,17H2,1-2H3,(H,27,29)/t24-/m1/s1. The van der Waals surface area contributed by atoms with Crippen molar-refractivity contribution in [3.8, 4) is 0 Å². The van der Waals surface area contributed by atoms with E-state index in [-0.39, 0.29) is 11.8 Å². The maximum atomic E-state index is 13.7. The van der Waals surface area contributed by atoms with Crippen molar-refractivity contribution in [2.45, 2.75) is 26.4 Å². The van der Waals surface area contributed by atoms with E-state index < -0.39 is 6.04 Å². The molecule has 2 heterocycles. The first-order valence-electron chi connectivity index (χ1n) is 10.3. The number of hydrogen-bond acceptors (Lipinski definition) is 4. The number of carbonyl (C=O) groups excluding carboxylic acids is 2. The number of anilines is 1. The van der Waals surface area contributed by atoms with Crippen molar-refractivity contribution in [3.63, 3.8) is 0 Å². The van der Waals surface area contributed by atoms with Crippen LogP contribution in [0.25, 0.3) is 0 Å². The van der Waals surface area contributed by atoms with Gasteiger partial charge >= 0.3 is 0 Å². The minimum Gasteiger partial charge on any atom is -0.349 e. The Bertz CT molecular complexity index is 1180. The summed E-state index contributed by atoms with van der Waals surface area (Å²) in [6.07, 6.45) is 0. The first-order valence-corrected chi connectivity index (χ1v) is 12.1. The molecule has 0 fully saturated rings. The van der Waals surface area contributed by atoms with Crippen LogP contribution in [0.5, 0.6) is 0 Å². The van der Waals surface area contributed by atoms with E-state index >= 15 is 0 Å². The molecule has 0 bridgehead atoms.